The van der Waals surface area contributed by atoms with Gasteiger partial charge in [0.1, 0.15) is 5.75 Å². The normalized spacial score (nSPS) is 12.1. The molecule has 0 aliphatic heterocycles. The molecule has 1 unspecified atom stereocenters. The molecule has 0 saturated carbocycles. The number of carboxylic acids is 1. The molecule has 0 heterocycles. The van der Waals surface area contributed by atoms with Gasteiger partial charge in [-0.1, -0.05) is 42.5 Å². The summed E-state index contributed by atoms with van der Waals surface area (Å²) in [6, 6.07) is 15.4. The fourth-order valence-electron chi connectivity index (χ4n) is 2.33. The lowest BCUT2D eigenvalue weighted by Gasteiger charge is -2.12. The van der Waals surface area contributed by atoms with Crippen LogP contribution in [0.2, 0.25) is 0 Å². The van der Waals surface area contributed by atoms with Crippen molar-refractivity contribution in [2.75, 3.05) is 5.75 Å². The molecule has 0 radical (unpaired) electrons. The Bertz CT molecular complexity index is 622. The third-order valence-electron chi connectivity index (χ3n) is 3.51. The van der Waals surface area contributed by atoms with Crippen LogP contribution in [0.3, 0.4) is 0 Å². The number of carboxylic acid groups (broad SMARTS) is 1. The zero-order chi connectivity index (χ0) is 15.9. The number of aliphatic carboxylic acids is 1. The summed E-state index contributed by atoms with van der Waals surface area (Å²) in [5.74, 6) is -0.178. The highest BCUT2D eigenvalue weighted by Crippen LogP contribution is 2.17. The Morgan fingerprint density at radius 2 is 1.73 bits per heavy atom. The number of aryl methyl sites for hydroxylation is 2. The first-order valence-corrected chi connectivity index (χ1v) is 8.62. The highest BCUT2D eigenvalue weighted by molar-refractivity contribution is 7.91. The van der Waals surface area contributed by atoms with Gasteiger partial charge >= 0.3 is 5.97 Å². The largest absolute Gasteiger partial charge is 0.611 e. The Morgan fingerprint density at radius 1 is 1.09 bits per heavy atom. The maximum Gasteiger partial charge on any atom is 0.307 e. The third kappa shape index (κ3) is 4.90. The van der Waals surface area contributed by atoms with Gasteiger partial charge in [-0.05, 0) is 48.1 Å². The van der Waals surface area contributed by atoms with E-state index in [2.05, 4.69) is 0 Å². The van der Waals surface area contributed by atoms with Crippen molar-refractivity contribution in [1.82, 2.24) is 0 Å². The van der Waals surface area contributed by atoms with Crippen LogP contribution in [-0.2, 0) is 28.8 Å². The summed E-state index contributed by atoms with van der Waals surface area (Å²) in [4.78, 5) is 11.5. The van der Waals surface area contributed by atoms with Crippen molar-refractivity contribution in [3.8, 4) is 0 Å². The van der Waals surface area contributed by atoms with E-state index in [0.717, 1.165) is 34.4 Å². The molecule has 1 N–H and O–H groups in total. The average molecular weight is 316 g/mol. The van der Waals surface area contributed by atoms with E-state index in [9.17, 15) is 9.35 Å². The van der Waals surface area contributed by atoms with Crippen molar-refractivity contribution in [3.05, 3.63) is 65.2 Å². The average Bonchev–Trinajstić information content (AvgIpc) is 2.49. The lowest BCUT2D eigenvalue weighted by atomic mass is 10.1. The van der Waals surface area contributed by atoms with Crippen LogP contribution in [0.25, 0.3) is 0 Å². The fraction of sp³-hybridized carbons (Fsp3) is 0.278. The van der Waals surface area contributed by atoms with Crippen molar-refractivity contribution < 1.29 is 14.5 Å². The first-order chi connectivity index (χ1) is 10.6. The van der Waals surface area contributed by atoms with Crippen molar-refractivity contribution >= 4 is 17.1 Å². The first-order valence-electron chi connectivity index (χ1n) is 7.30. The summed E-state index contributed by atoms with van der Waals surface area (Å²) >= 11 is -0.959. The van der Waals surface area contributed by atoms with E-state index in [4.69, 9.17) is 5.11 Å². The molecule has 2 aromatic rings. The minimum Gasteiger partial charge on any atom is -0.611 e. The van der Waals surface area contributed by atoms with Crippen LogP contribution in [0.5, 0.6) is 0 Å². The standard InChI is InChI=1S/C18H20O3S/c1-14-5-2-3-7-17(14)22(21)12-4-6-15-8-10-16(11-9-15)13-18(19)20/h2-3,5,7-11H,4,6,12-13H2,1H3,(H,19,20). The highest BCUT2D eigenvalue weighted by Gasteiger charge is 2.12. The van der Waals surface area contributed by atoms with E-state index in [1.54, 1.807) is 0 Å². The second-order valence-electron chi connectivity index (χ2n) is 5.31. The predicted octanol–water partition coefficient (Wildman–Crippen LogP) is 3.36. The number of benzene rings is 2. The van der Waals surface area contributed by atoms with E-state index in [1.807, 2.05) is 55.5 Å². The molecule has 2 aromatic carbocycles. The van der Waals surface area contributed by atoms with Gasteiger partial charge in [0.05, 0.1) is 6.42 Å². The first kappa shape index (κ1) is 16.6. The summed E-state index contributed by atoms with van der Waals surface area (Å²) < 4.78 is 12.3. The van der Waals surface area contributed by atoms with Gasteiger partial charge in [-0.2, -0.15) is 0 Å². The van der Waals surface area contributed by atoms with Crippen LogP contribution in [0, 0.1) is 6.92 Å². The molecule has 0 saturated heterocycles. The van der Waals surface area contributed by atoms with E-state index in [-0.39, 0.29) is 6.42 Å². The van der Waals surface area contributed by atoms with Crippen LogP contribution in [0.4, 0.5) is 0 Å². The van der Waals surface area contributed by atoms with Crippen LogP contribution in [-0.4, -0.2) is 21.4 Å². The van der Waals surface area contributed by atoms with Crippen molar-refractivity contribution in [3.63, 3.8) is 0 Å². The molecule has 22 heavy (non-hydrogen) atoms. The molecule has 116 valence electrons. The van der Waals surface area contributed by atoms with E-state index in [1.165, 1.54) is 0 Å². The summed E-state index contributed by atoms with van der Waals surface area (Å²) in [6.07, 6.45) is 1.75. The smallest absolute Gasteiger partial charge is 0.307 e. The molecule has 0 spiro atoms. The quantitative estimate of drug-likeness (QED) is 0.797. The summed E-state index contributed by atoms with van der Waals surface area (Å²) in [7, 11) is 0. The zero-order valence-corrected chi connectivity index (χ0v) is 13.4. The van der Waals surface area contributed by atoms with Gasteiger partial charge in [-0.15, -0.1) is 0 Å². The summed E-state index contributed by atoms with van der Waals surface area (Å²) in [6.45, 7) is 1.98. The van der Waals surface area contributed by atoms with Gasteiger partial charge < -0.3 is 9.66 Å². The molecule has 0 bridgehead atoms. The van der Waals surface area contributed by atoms with Gasteiger partial charge in [-0.3, -0.25) is 4.79 Å². The Balaban J connectivity index is 1.83. The van der Waals surface area contributed by atoms with E-state index >= 15 is 0 Å². The lowest BCUT2D eigenvalue weighted by molar-refractivity contribution is -0.136. The Labute approximate surface area is 134 Å². The van der Waals surface area contributed by atoms with Crippen LogP contribution in [0.1, 0.15) is 23.1 Å². The molecule has 0 fully saturated rings. The minimum absolute atomic E-state index is 0.0532. The van der Waals surface area contributed by atoms with Gasteiger partial charge in [0.2, 0.25) is 0 Å². The molecule has 0 aliphatic carbocycles. The summed E-state index contributed by atoms with van der Waals surface area (Å²) in [5.41, 5.74) is 3.02. The topological polar surface area (TPSA) is 60.4 Å². The maximum atomic E-state index is 12.3. The molecule has 0 aromatic heterocycles. The van der Waals surface area contributed by atoms with E-state index < -0.39 is 17.1 Å². The highest BCUT2D eigenvalue weighted by atomic mass is 32.2. The van der Waals surface area contributed by atoms with Gasteiger partial charge in [0.15, 0.2) is 4.90 Å². The Kier molecular flexibility index (Phi) is 6.04. The van der Waals surface area contributed by atoms with Crippen molar-refractivity contribution in [1.29, 1.82) is 0 Å². The van der Waals surface area contributed by atoms with Crippen LogP contribution < -0.4 is 0 Å². The molecule has 1 atom stereocenters. The third-order valence-corrected chi connectivity index (χ3v) is 5.12. The van der Waals surface area contributed by atoms with Crippen LogP contribution in [0.15, 0.2) is 53.4 Å². The number of rotatable bonds is 7. The maximum absolute atomic E-state index is 12.3. The SMILES string of the molecule is Cc1ccccc1[S+]([O-])CCCc1ccc(CC(=O)O)cc1. The van der Waals surface area contributed by atoms with Crippen LogP contribution >= 0.6 is 0 Å². The molecular weight excluding hydrogens is 296 g/mol. The Hall–Kier alpha value is -1.78. The fourth-order valence-corrected chi connectivity index (χ4v) is 3.61. The van der Waals surface area contributed by atoms with Gasteiger partial charge in [-0.25, -0.2) is 0 Å². The molecule has 0 aliphatic rings. The lowest BCUT2D eigenvalue weighted by Crippen LogP contribution is -2.09. The molecule has 3 nitrogen and oxygen atoms in total. The van der Waals surface area contributed by atoms with Crippen molar-refractivity contribution in [2.24, 2.45) is 0 Å². The summed E-state index contributed by atoms with van der Waals surface area (Å²) in [5, 5.41) is 8.74. The van der Waals surface area contributed by atoms with E-state index in [0.29, 0.717) is 5.75 Å². The minimum atomic E-state index is -0.959. The van der Waals surface area contributed by atoms with Gasteiger partial charge in [0.25, 0.3) is 0 Å². The molecule has 4 heteroatoms. The predicted molar refractivity (Wildman–Crippen MR) is 88.6 cm³/mol. The number of carbonyl (C=O) groups is 1. The second kappa shape index (κ2) is 8.01. The molecular formula is C18H20O3S. The monoisotopic (exact) mass is 316 g/mol. The van der Waals surface area contributed by atoms with Crippen molar-refractivity contribution in [2.45, 2.75) is 31.1 Å². The molecule has 0 amide bonds. The number of hydrogen-bond donors (Lipinski definition) is 1. The Morgan fingerprint density at radius 3 is 2.36 bits per heavy atom. The zero-order valence-electron chi connectivity index (χ0n) is 12.6. The van der Waals surface area contributed by atoms with Gasteiger partial charge in [0, 0.05) is 5.56 Å². The number of hydrogen-bond acceptors (Lipinski definition) is 2. The molecule has 2 rings (SSSR count). The second-order valence-corrected chi connectivity index (χ2v) is 6.84.